The molecule has 8 heteroatoms. The zero-order chi connectivity index (χ0) is 24.7. The standard InChI is InChI=1S/C27H24N4O4/c1-16-9-12-18(13-10-16)31-27(33)25-23(19-7-5-6-8-20(19)30(25)2)24(29-31)26(32)28-17-11-14-21(34-3)22(15-17)35-4/h5-15H,1-4H3,(H,28,32). The summed E-state index contributed by atoms with van der Waals surface area (Å²) in [5.74, 6) is 0.589. The van der Waals surface area contributed by atoms with Crippen molar-refractivity contribution in [3.05, 3.63) is 88.3 Å². The first-order valence-electron chi connectivity index (χ1n) is 11.0. The summed E-state index contributed by atoms with van der Waals surface area (Å²) in [5.41, 5.74) is 3.22. The van der Waals surface area contributed by atoms with Crippen molar-refractivity contribution in [1.82, 2.24) is 14.3 Å². The monoisotopic (exact) mass is 468 g/mol. The lowest BCUT2D eigenvalue weighted by atomic mass is 10.1. The molecule has 1 amide bonds. The molecular weight excluding hydrogens is 444 g/mol. The summed E-state index contributed by atoms with van der Waals surface area (Å²) in [7, 11) is 4.90. The summed E-state index contributed by atoms with van der Waals surface area (Å²) in [4.78, 5) is 27.2. The van der Waals surface area contributed by atoms with Crippen molar-refractivity contribution < 1.29 is 14.3 Å². The first-order valence-corrected chi connectivity index (χ1v) is 11.0. The van der Waals surface area contributed by atoms with Crippen molar-refractivity contribution in [3.8, 4) is 17.2 Å². The predicted octanol–water partition coefficient (Wildman–Crippen LogP) is 4.46. The number of nitrogens with zero attached hydrogens (tertiary/aromatic N) is 3. The van der Waals surface area contributed by atoms with Gasteiger partial charge < -0.3 is 19.4 Å². The molecule has 0 fully saturated rings. The number of benzene rings is 3. The largest absolute Gasteiger partial charge is 0.493 e. The number of fused-ring (bicyclic) bond motifs is 3. The summed E-state index contributed by atoms with van der Waals surface area (Å²) in [6.07, 6.45) is 0. The topological polar surface area (TPSA) is 87.4 Å². The van der Waals surface area contributed by atoms with Gasteiger partial charge in [-0.25, -0.2) is 0 Å². The molecular formula is C27H24N4O4. The van der Waals surface area contributed by atoms with Gasteiger partial charge in [0.15, 0.2) is 17.2 Å². The van der Waals surface area contributed by atoms with E-state index in [0.717, 1.165) is 16.5 Å². The first kappa shape index (κ1) is 22.2. The van der Waals surface area contributed by atoms with E-state index >= 15 is 0 Å². The van der Waals surface area contributed by atoms with Crippen LogP contribution in [0.5, 0.6) is 11.5 Å². The zero-order valence-electron chi connectivity index (χ0n) is 19.8. The Balaban J connectivity index is 1.74. The van der Waals surface area contributed by atoms with Gasteiger partial charge in [-0.15, -0.1) is 0 Å². The number of nitrogens with one attached hydrogen (secondary N) is 1. The number of amides is 1. The molecule has 2 aromatic heterocycles. The van der Waals surface area contributed by atoms with E-state index in [-0.39, 0.29) is 11.3 Å². The molecule has 3 aromatic carbocycles. The Hall–Kier alpha value is -4.59. The second-order valence-corrected chi connectivity index (χ2v) is 8.22. The Morgan fingerprint density at radius 3 is 2.37 bits per heavy atom. The van der Waals surface area contributed by atoms with E-state index in [4.69, 9.17) is 9.47 Å². The third kappa shape index (κ3) is 3.69. The molecule has 35 heavy (non-hydrogen) atoms. The molecule has 0 spiro atoms. The minimum atomic E-state index is -0.445. The second kappa shape index (κ2) is 8.64. The van der Waals surface area contributed by atoms with Gasteiger partial charge in [-0.2, -0.15) is 9.78 Å². The van der Waals surface area contributed by atoms with Crippen LogP contribution in [0, 0.1) is 6.92 Å². The van der Waals surface area contributed by atoms with E-state index < -0.39 is 5.91 Å². The number of carbonyl (C=O) groups excluding carboxylic acids is 1. The molecule has 1 N–H and O–H groups in total. The van der Waals surface area contributed by atoms with Crippen LogP contribution in [0.15, 0.2) is 71.5 Å². The number of hydrogen-bond donors (Lipinski definition) is 1. The molecule has 0 bridgehead atoms. The Morgan fingerprint density at radius 2 is 1.66 bits per heavy atom. The Labute approximate surface area is 201 Å². The summed E-state index contributed by atoms with van der Waals surface area (Å²) >= 11 is 0. The third-order valence-electron chi connectivity index (χ3n) is 6.07. The minimum Gasteiger partial charge on any atom is -0.493 e. The summed E-state index contributed by atoms with van der Waals surface area (Å²) in [6.45, 7) is 1.97. The van der Waals surface area contributed by atoms with Crippen LogP contribution in [-0.4, -0.2) is 34.5 Å². The van der Waals surface area contributed by atoms with Crippen LogP contribution in [-0.2, 0) is 7.05 Å². The number of anilines is 1. The molecule has 2 heterocycles. The number of rotatable bonds is 5. The van der Waals surface area contributed by atoms with E-state index in [2.05, 4.69) is 10.4 Å². The lowest BCUT2D eigenvalue weighted by Gasteiger charge is -2.12. The van der Waals surface area contributed by atoms with Gasteiger partial charge in [0.05, 0.1) is 19.9 Å². The third-order valence-corrected chi connectivity index (χ3v) is 6.07. The second-order valence-electron chi connectivity index (χ2n) is 8.22. The maximum Gasteiger partial charge on any atom is 0.296 e. The van der Waals surface area contributed by atoms with Crippen molar-refractivity contribution in [2.24, 2.45) is 7.05 Å². The van der Waals surface area contributed by atoms with Gasteiger partial charge in [0.2, 0.25) is 0 Å². The molecule has 0 saturated heterocycles. The zero-order valence-corrected chi connectivity index (χ0v) is 19.8. The van der Waals surface area contributed by atoms with Gasteiger partial charge in [0.25, 0.3) is 11.5 Å². The van der Waals surface area contributed by atoms with Crippen LogP contribution in [0.1, 0.15) is 16.1 Å². The maximum absolute atomic E-state index is 13.6. The van der Waals surface area contributed by atoms with E-state index in [0.29, 0.717) is 33.8 Å². The SMILES string of the molecule is COc1ccc(NC(=O)c2nn(-c3ccc(C)cc3)c(=O)c3c2c2ccccc2n3C)cc1OC. The molecule has 5 aromatic rings. The van der Waals surface area contributed by atoms with Crippen molar-refractivity contribution in [1.29, 1.82) is 0 Å². The average molecular weight is 469 g/mol. The van der Waals surface area contributed by atoms with E-state index in [1.807, 2.05) is 67.1 Å². The minimum absolute atomic E-state index is 0.145. The number of methoxy groups -OCH3 is 2. The number of aryl methyl sites for hydroxylation is 2. The van der Waals surface area contributed by atoms with Crippen molar-refractivity contribution in [2.45, 2.75) is 6.92 Å². The van der Waals surface area contributed by atoms with E-state index in [9.17, 15) is 9.59 Å². The molecule has 8 nitrogen and oxygen atoms in total. The quantitative estimate of drug-likeness (QED) is 0.412. The molecule has 0 aliphatic rings. The van der Waals surface area contributed by atoms with Crippen LogP contribution >= 0.6 is 0 Å². The summed E-state index contributed by atoms with van der Waals surface area (Å²) < 4.78 is 13.7. The number of carbonyl (C=O) groups is 1. The highest BCUT2D eigenvalue weighted by Gasteiger charge is 2.23. The van der Waals surface area contributed by atoms with Crippen molar-refractivity contribution in [3.63, 3.8) is 0 Å². The molecule has 0 radical (unpaired) electrons. The average Bonchev–Trinajstić information content (AvgIpc) is 3.18. The molecule has 0 unspecified atom stereocenters. The fourth-order valence-electron chi connectivity index (χ4n) is 4.30. The smallest absolute Gasteiger partial charge is 0.296 e. The van der Waals surface area contributed by atoms with Gasteiger partial charge in [-0.3, -0.25) is 9.59 Å². The molecule has 0 atom stereocenters. The summed E-state index contributed by atoms with van der Waals surface area (Å²) in [5, 5.41) is 8.74. The van der Waals surface area contributed by atoms with Gasteiger partial charge in [-0.1, -0.05) is 35.9 Å². The fourth-order valence-corrected chi connectivity index (χ4v) is 4.30. The Morgan fingerprint density at radius 1 is 0.943 bits per heavy atom. The first-order chi connectivity index (χ1) is 16.9. The highest BCUT2D eigenvalue weighted by atomic mass is 16.5. The molecule has 0 aliphatic carbocycles. The van der Waals surface area contributed by atoms with Gasteiger partial charge in [0.1, 0.15) is 5.52 Å². The van der Waals surface area contributed by atoms with Crippen molar-refractivity contribution >= 4 is 33.4 Å². The number of aromatic nitrogens is 3. The predicted molar refractivity (Wildman–Crippen MR) is 136 cm³/mol. The molecule has 5 rings (SSSR count). The molecule has 0 saturated carbocycles. The normalized spacial score (nSPS) is 11.1. The summed E-state index contributed by atoms with van der Waals surface area (Å²) in [6, 6.07) is 20.1. The lowest BCUT2D eigenvalue weighted by Crippen LogP contribution is -2.27. The van der Waals surface area contributed by atoms with E-state index in [1.165, 1.54) is 11.8 Å². The van der Waals surface area contributed by atoms with Crippen LogP contribution in [0.2, 0.25) is 0 Å². The maximum atomic E-state index is 13.6. The Bertz CT molecular complexity index is 1650. The van der Waals surface area contributed by atoms with Crippen molar-refractivity contribution in [2.75, 3.05) is 19.5 Å². The van der Waals surface area contributed by atoms with Crippen LogP contribution in [0.4, 0.5) is 5.69 Å². The van der Waals surface area contributed by atoms with Crippen LogP contribution in [0.3, 0.4) is 0 Å². The van der Waals surface area contributed by atoms with Gasteiger partial charge in [0, 0.05) is 35.1 Å². The Kier molecular flexibility index (Phi) is 5.49. The van der Waals surface area contributed by atoms with Crippen LogP contribution in [0.25, 0.3) is 27.5 Å². The lowest BCUT2D eigenvalue weighted by molar-refractivity contribution is 0.102. The van der Waals surface area contributed by atoms with Crippen LogP contribution < -0.4 is 20.3 Å². The number of hydrogen-bond acceptors (Lipinski definition) is 5. The fraction of sp³-hybridized carbons (Fsp3) is 0.148. The molecule has 176 valence electrons. The van der Waals surface area contributed by atoms with E-state index in [1.54, 1.807) is 25.3 Å². The highest BCUT2D eigenvalue weighted by molar-refractivity contribution is 6.19. The van der Waals surface area contributed by atoms with Gasteiger partial charge in [-0.05, 0) is 37.3 Å². The number of para-hydroxylation sites is 1. The molecule has 0 aliphatic heterocycles. The number of ether oxygens (including phenoxy) is 2. The highest BCUT2D eigenvalue weighted by Crippen LogP contribution is 2.31. The van der Waals surface area contributed by atoms with Gasteiger partial charge >= 0.3 is 0 Å².